The van der Waals surface area contributed by atoms with E-state index >= 15 is 0 Å². The molecule has 0 saturated carbocycles. The molecule has 0 atom stereocenters. The second-order valence-electron chi connectivity index (χ2n) is 5.08. The summed E-state index contributed by atoms with van der Waals surface area (Å²) in [7, 11) is 0. The van der Waals surface area contributed by atoms with Crippen LogP contribution in [-0.2, 0) is 0 Å². The number of carbonyl (C=O) groups is 1. The first-order chi connectivity index (χ1) is 12.1. The lowest BCUT2D eigenvalue weighted by Crippen LogP contribution is -2.19. The fourth-order valence-electron chi connectivity index (χ4n) is 2.15. The Labute approximate surface area is 158 Å². The maximum atomic E-state index is 12.1. The molecule has 2 N–H and O–H groups in total. The van der Waals surface area contributed by atoms with Gasteiger partial charge in [0.05, 0.1) is 12.3 Å². The number of nitrogens with one attached hydrogen (secondary N) is 2. The van der Waals surface area contributed by atoms with Gasteiger partial charge >= 0.3 is 6.03 Å². The first-order valence-electron chi connectivity index (χ1n) is 7.66. The summed E-state index contributed by atoms with van der Waals surface area (Å²) in [5.74, 6) is 0.771. The summed E-state index contributed by atoms with van der Waals surface area (Å²) in [4.78, 5) is 16.5. The number of carbonyl (C=O) groups excluding carboxylic acids is 1. The molecule has 0 saturated heterocycles. The van der Waals surface area contributed by atoms with E-state index in [9.17, 15) is 4.79 Å². The fraction of sp³-hybridized carbons (Fsp3) is 0.111. The standard InChI is InChI=1S/C18H16BrN3O2S/c1-2-24-15-9-7-14(8-10-15)20-17(23)22-18-21-16(11-25-18)12-3-5-13(19)6-4-12/h3-11H,2H2,1H3,(H2,20,21,22,23). The SMILES string of the molecule is CCOc1ccc(NC(=O)Nc2nc(-c3ccc(Br)cc3)cs2)cc1. The molecule has 1 aromatic heterocycles. The highest BCUT2D eigenvalue weighted by atomic mass is 79.9. The number of rotatable bonds is 5. The molecule has 5 nitrogen and oxygen atoms in total. The van der Waals surface area contributed by atoms with Gasteiger partial charge in [0.1, 0.15) is 5.75 Å². The Balaban J connectivity index is 1.60. The number of aromatic nitrogens is 1. The Morgan fingerprint density at radius 3 is 2.52 bits per heavy atom. The molecule has 128 valence electrons. The largest absolute Gasteiger partial charge is 0.494 e. The van der Waals surface area contributed by atoms with Gasteiger partial charge in [0, 0.05) is 21.1 Å². The van der Waals surface area contributed by atoms with E-state index < -0.39 is 0 Å². The van der Waals surface area contributed by atoms with Crippen molar-refractivity contribution in [3.05, 3.63) is 58.4 Å². The van der Waals surface area contributed by atoms with Gasteiger partial charge in [-0.1, -0.05) is 28.1 Å². The molecule has 3 rings (SSSR count). The zero-order valence-corrected chi connectivity index (χ0v) is 15.9. The van der Waals surface area contributed by atoms with Gasteiger partial charge in [-0.25, -0.2) is 9.78 Å². The van der Waals surface area contributed by atoms with Crippen LogP contribution in [0.15, 0.2) is 58.4 Å². The molecule has 2 aromatic carbocycles. The summed E-state index contributed by atoms with van der Waals surface area (Å²) < 4.78 is 6.39. The third-order valence-corrected chi connectivity index (χ3v) is 4.57. The Hall–Kier alpha value is -2.38. The second kappa shape index (κ2) is 8.13. The number of amides is 2. The molecule has 0 aliphatic rings. The van der Waals surface area contributed by atoms with Gasteiger partial charge in [0.2, 0.25) is 0 Å². The van der Waals surface area contributed by atoms with E-state index in [1.165, 1.54) is 11.3 Å². The van der Waals surface area contributed by atoms with Gasteiger partial charge < -0.3 is 10.1 Å². The van der Waals surface area contributed by atoms with Gasteiger partial charge in [-0.3, -0.25) is 5.32 Å². The van der Waals surface area contributed by atoms with E-state index in [4.69, 9.17) is 4.74 Å². The van der Waals surface area contributed by atoms with Gasteiger partial charge in [-0.05, 0) is 43.3 Å². The highest BCUT2D eigenvalue weighted by Crippen LogP contribution is 2.26. The van der Waals surface area contributed by atoms with E-state index in [0.29, 0.717) is 17.4 Å². The molecule has 7 heteroatoms. The Morgan fingerprint density at radius 2 is 1.84 bits per heavy atom. The van der Waals surface area contributed by atoms with Crippen LogP contribution in [-0.4, -0.2) is 17.6 Å². The number of urea groups is 1. The number of hydrogen-bond donors (Lipinski definition) is 2. The number of thiazole rings is 1. The molecule has 25 heavy (non-hydrogen) atoms. The summed E-state index contributed by atoms with van der Waals surface area (Å²) in [5.41, 5.74) is 2.51. The van der Waals surface area contributed by atoms with Crippen molar-refractivity contribution in [1.82, 2.24) is 4.98 Å². The van der Waals surface area contributed by atoms with Crippen molar-refractivity contribution in [2.24, 2.45) is 0 Å². The normalized spacial score (nSPS) is 10.3. The smallest absolute Gasteiger partial charge is 0.325 e. The van der Waals surface area contributed by atoms with E-state index in [-0.39, 0.29) is 6.03 Å². The number of ether oxygens (including phenoxy) is 1. The number of benzene rings is 2. The summed E-state index contributed by atoms with van der Waals surface area (Å²) >= 11 is 4.79. The van der Waals surface area contributed by atoms with Crippen molar-refractivity contribution in [1.29, 1.82) is 0 Å². The molecule has 0 aliphatic carbocycles. The summed E-state index contributed by atoms with van der Waals surface area (Å²) in [6.45, 7) is 2.54. The van der Waals surface area contributed by atoms with Gasteiger partial charge in [0.15, 0.2) is 5.13 Å². The lowest BCUT2D eigenvalue weighted by atomic mass is 10.2. The number of anilines is 2. The Kier molecular flexibility index (Phi) is 5.67. The van der Waals surface area contributed by atoms with Crippen LogP contribution in [0.25, 0.3) is 11.3 Å². The Bertz CT molecular complexity index is 848. The van der Waals surface area contributed by atoms with Crippen molar-refractivity contribution in [3.8, 4) is 17.0 Å². The van der Waals surface area contributed by atoms with Gasteiger partial charge in [0.25, 0.3) is 0 Å². The van der Waals surface area contributed by atoms with Crippen molar-refractivity contribution < 1.29 is 9.53 Å². The molecule has 0 bridgehead atoms. The molecule has 0 aliphatic heterocycles. The maximum absolute atomic E-state index is 12.1. The van der Waals surface area contributed by atoms with Crippen molar-refractivity contribution >= 4 is 44.1 Å². The van der Waals surface area contributed by atoms with Crippen LogP contribution in [0.5, 0.6) is 5.75 Å². The lowest BCUT2D eigenvalue weighted by Gasteiger charge is -2.07. The molecule has 0 radical (unpaired) electrons. The van der Waals surface area contributed by atoms with Crippen molar-refractivity contribution in [3.63, 3.8) is 0 Å². The van der Waals surface area contributed by atoms with Crippen LogP contribution in [0.3, 0.4) is 0 Å². The zero-order chi connectivity index (χ0) is 17.6. The highest BCUT2D eigenvalue weighted by molar-refractivity contribution is 9.10. The van der Waals surface area contributed by atoms with E-state index in [1.807, 2.05) is 48.7 Å². The molecule has 0 unspecified atom stereocenters. The molecule has 1 heterocycles. The molecular formula is C18H16BrN3O2S. The average molecular weight is 418 g/mol. The zero-order valence-electron chi connectivity index (χ0n) is 13.5. The summed E-state index contributed by atoms with van der Waals surface area (Å²) in [6.07, 6.45) is 0. The van der Waals surface area contributed by atoms with Crippen molar-refractivity contribution in [2.45, 2.75) is 6.92 Å². The van der Waals surface area contributed by atoms with Crippen LogP contribution >= 0.6 is 27.3 Å². The van der Waals surface area contributed by atoms with Gasteiger partial charge in [-0.2, -0.15) is 0 Å². The summed E-state index contributed by atoms with van der Waals surface area (Å²) in [6, 6.07) is 14.7. The average Bonchev–Trinajstić information content (AvgIpc) is 3.06. The minimum Gasteiger partial charge on any atom is -0.494 e. The molecule has 0 fully saturated rings. The third kappa shape index (κ3) is 4.80. The van der Waals surface area contributed by atoms with Crippen LogP contribution < -0.4 is 15.4 Å². The third-order valence-electron chi connectivity index (χ3n) is 3.29. The topological polar surface area (TPSA) is 63.2 Å². The van der Waals surface area contributed by atoms with E-state index in [0.717, 1.165) is 21.5 Å². The van der Waals surface area contributed by atoms with Crippen molar-refractivity contribution in [2.75, 3.05) is 17.2 Å². The summed E-state index contributed by atoms with van der Waals surface area (Å²) in [5, 5.41) is 7.98. The minimum absolute atomic E-state index is 0.333. The van der Waals surface area contributed by atoms with Crippen LogP contribution in [0, 0.1) is 0 Å². The van der Waals surface area contributed by atoms with Crippen LogP contribution in [0.1, 0.15) is 6.92 Å². The van der Waals surface area contributed by atoms with Crippen LogP contribution in [0.2, 0.25) is 0 Å². The molecule has 0 spiro atoms. The predicted octanol–water partition coefficient (Wildman–Crippen LogP) is 5.62. The number of nitrogens with zero attached hydrogens (tertiary/aromatic N) is 1. The number of hydrogen-bond acceptors (Lipinski definition) is 4. The van der Waals surface area contributed by atoms with Crippen LogP contribution in [0.4, 0.5) is 15.6 Å². The first kappa shape index (κ1) is 17.4. The number of halogens is 1. The molecule has 3 aromatic rings. The predicted molar refractivity (Wildman–Crippen MR) is 106 cm³/mol. The second-order valence-corrected chi connectivity index (χ2v) is 6.86. The quantitative estimate of drug-likeness (QED) is 0.566. The van der Waals surface area contributed by atoms with E-state index in [2.05, 4.69) is 31.5 Å². The minimum atomic E-state index is -0.333. The first-order valence-corrected chi connectivity index (χ1v) is 9.33. The fourth-order valence-corrected chi connectivity index (χ4v) is 3.12. The van der Waals surface area contributed by atoms with Gasteiger partial charge in [-0.15, -0.1) is 11.3 Å². The van der Waals surface area contributed by atoms with E-state index in [1.54, 1.807) is 12.1 Å². The molecular weight excluding hydrogens is 402 g/mol. The molecule has 2 amide bonds. The Morgan fingerprint density at radius 1 is 1.12 bits per heavy atom. The highest BCUT2D eigenvalue weighted by Gasteiger charge is 2.08. The maximum Gasteiger partial charge on any atom is 0.325 e. The lowest BCUT2D eigenvalue weighted by molar-refractivity contribution is 0.262. The monoisotopic (exact) mass is 417 g/mol.